The molecule has 0 amide bonds. The van der Waals surface area contributed by atoms with Crippen molar-refractivity contribution in [2.45, 2.75) is 6.42 Å². The van der Waals surface area contributed by atoms with Crippen molar-refractivity contribution in [3.05, 3.63) is 48.7 Å². The number of benzene rings is 1. The van der Waals surface area contributed by atoms with Gasteiger partial charge < -0.3 is 15.0 Å². The van der Waals surface area contributed by atoms with E-state index < -0.39 is 0 Å². The molecule has 0 radical (unpaired) electrons. The van der Waals surface area contributed by atoms with Crippen LogP contribution in [0, 0.1) is 0 Å². The number of hydrogen-bond acceptors (Lipinski definition) is 4. The van der Waals surface area contributed by atoms with Crippen LogP contribution in [0.5, 0.6) is 5.75 Å². The largest absolute Gasteiger partial charge is 0.493 e. The summed E-state index contributed by atoms with van der Waals surface area (Å²) in [7, 11) is 4.05. The average Bonchev–Trinajstić information content (AvgIpc) is 2.48. The van der Waals surface area contributed by atoms with E-state index >= 15 is 0 Å². The first-order valence-electron chi connectivity index (χ1n) is 6.81. The maximum atomic E-state index is 5.75. The second-order valence-electron chi connectivity index (χ2n) is 4.74. The topological polar surface area (TPSA) is 37.4 Å². The van der Waals surface area contributed by atoms with Gasteiger partial charge in [0, 0.05) is 38.6 Å². The van der Waals surface area contributed by atoms with Gasteiger partial charge in [-0.05, 0) is 30.7 Å². The summed E-state index contributed by atoms with van der Waals surface area (Å²) >= 11 is 0. The highest BCUT2D eigenvalue weighted by molar-refractivity contribution is 5.49. The zero-order valence-electron chi connectivity index (χ0n) is 12.0. The van der Waals surface area contributed by atoms with Crippen LogP contribution < -0.4 is 15.0 Å². The van der Waals surface area contributed by atoms with Crippen molar-refractivity contribution in [1.29, 1.82) is 0 Å². The van der Waals surface area contributed by atoms with E-state index in [0.29, 0.717) is 6.61 Å². The first kappa shape index (κ1) is 14.2. The smallest absolute Gasteiger partial charge is 0.125 e. The molecule has 20 heavy (non-hydrogen) atoms. The number of nitrogens with one attached hydrogen (secondary N) is 1. The predicted molar refractivity (Wildman–Crippen MR) is 83.6 cm³/mol. The van der Waals surface area contributed by atoms with Gasteiger partial charge in [-0.25, -0.2) is 4.98 Å². The summed E-state index contributed by atoms with van der Waals surface area (Å²) in [6.45, 7) is 1.54. The molecule has 0 unspecified atom stereocenters. The maximum absolute atomic E-state index is 5.75. The van der Waals surface area contributed by atoms with Crippen molar-refractivity contribution in [3.63, 3.8) is 0 Å². The molecule has 0 saturated heterocycles. The lowest BCUT2D eigenvalue weighted by atomic mass is 10.3. The fraction of sp³-hybridized carbons (Fsp3) is 0.312. The van der Waals surface area contributed by atoms with Crippen molar-refractivity contribution >= 4 is 11.5 Å². The second-order valence-corrected chi connectivity index (χ2v) is 4.74. The summed E-state index contributed by atoms with van der Waals surface area (Å²) in [6.07, 6.45) is 2.72. The summed E-state index contributed by atoms with van der Waals surface area (Å²) < 4.78 is 5.75. The molecule has 0 aliphatic rings. The highest BCUT2D eigenvalue weighted by atomic mass is 16.5. The normalized spacial score (nSPS) is 10.1. The zero-order valence-corrected chi connectivity index (χ0v) is 12.0. The zero-order chi connectivity index (χ0) is 14.2. The van der Waals surface area contributed by atoms with Crippen LogP contribution in [0.15, 0.2) is 48.7 Å². The molecule has 0 saturated carbocycles. The first-order chi connectivity index (χ1) is 9.75. The SMILES string of the molecule is CN(C)c1cccc(OCCCNc2ccccn2)c1. The molecule has 1 heterocycles. The fourth-order valence-electron chi connectivity index (χ4n) is 1.80. The summed E-state index contributed by atoms with van der Waals surface area (Å²) in [5.41, 5.74) is 1.15. The van der Waals surface area contributed by atoms with Crippen LogP contribution in [0.1, 0.15) is 6.42 Å². The van der Waals surface area contributed by atoms with Gasteiger partial charge in [-0.15, -0.1) is 0 Å². The van der Waals surface area contributed by atoms with Crippen molar-refractivity contribution in [1.82, 2.24) is 4.98 Å². The number of anilines is 2. The molecule has 0 bridgehead atoms. The Bertz CT molecular complexity index is 514. The van der Waals surface area contributed by atoms with Crippen molar-refractivity contribution in [3.8, 4) is 5.75 Å². The molecule has 0 aliphatic heterocycles. The molecule has 0 spiro atoms. The molecule has 2 rings (SSSR count). The van der Waals surface area contributed by atoms with E-state index in [9.17, 15) is 0 Å². The summed E-state index contributed by atoms with van der Waals surface area (Å²) in [6, 6.07) is 13.9. The minimum absolute atomic E-state index is 0.691. The van der Waals surface area contributed by atoms with E-state index in [1.54, 1.807) is 6.20 Å². The van der Waals surface area contributed by atoms with Gasteiger partial charge in [0.05, 0.1) is 6.61 Å². The van der Waals surface area contributed by atoms with Gasteiger partial charge in [0.15, 0.2) is 0 Å². The molecule has 4 nitrogen and oxygen atoms in total. The second kappa shape index (κ2) is 7.38. The van der Waals surface area contributed by atoms with E-state index in [0.717, 1.165) is 30.2 Å². The van der Waals surface area contributed by atoms with Crippen molar-refractivity contribution in [2.24, 2.45) is 0 Å². The van der Waals surface area contributed by atoms with Crippen LogP contribution >= 0.6 is 0 Å². The van der Waals surface area contributed by atoms with Gasteiger partial charge in [0.25, 0.3) is 0 Å². The highest BCUT2D eigenvalue weighted by Crippen LogP contribution is 2.19. The molecule has 1 aromatic heterocycles. The molecule has 1 aromatic carbocycles. The van der Waals surface area contributed by atoms with Crippen LogP contribution in [-0.2, 0) is 0 Å². The van der Waals surface area contributed by atoms with Crippen LogP contribution in [0.25, 0.3) is 0 Å². The van der Waals surface area contributed by atoms with E-state index in [2.05, 4.69) is 21.3 Å². The molecule has 0 atom stereocenters. The quantitative estimate of drug-likeness (QED) is 0.785. The Kier molecular flexibility index (Phi) is 5.24. The molecular formula is C16H21N3O. The minimum Gasteiger partial charge on any atom is -0.493 e. The monoisotopic (exact) mass is 271 g/mol. The Balaban J connectivity index is 1.69. The Morgan fingerprint density at radius 2 is 2.05 bits per heavy atom. The highest BCUT2D eigenvalue weighted by Gasteiger charge is 1.98. The lowest BCUT2D eigenvalue weighted by Gasteiger charge is -2.14. The van der Waals surface area contributed by atoms with E-state index in [-0.39, 0.29) is 0 Å². The summed E-state index contributed by atoms with van der Waals surface area (Å²) in [4.78, 5) is 6.27. The lowest BCUT2D eigenvalue weighted by molar-refractivity contribution is 0.315. The Hall–Kier alpha value is -2.23. The van der Waals surface area contributed by atoms with E-state index in [4.69, 9.17) is 4.74 Å². The molecule has 0 aliphatic carbocycles. The van der Waals surface area contributed by atoms with Crippen molar-refractivity contribution in [2.75, 3.05) is 37.5 Å². The average molecular weight is 271 g/mol. The van der Waals surface area contributed by atoms with Gasteiger partial charge in [0.2, 0.25) is 0 Å². The summed E-state index contributed by atoms with van der Waals surface area (Å²) in [5.74, 6) is 1.82. The Morgan fingerprint density at radius 3 is 2.80 bits per heavy atom. The number of nitrogens with zero attached hydrogens (tertiary/aromatic N) is 2. The molecule has 4 heteroatoms. The predicted octanol–water partition coefficient (Wildman–Crippen LogP) is 3.03. The number of aromatic nitrogens is 1. The third-order valence-electron chi connectivity index (χ3n) is 2.89. The van der Waals surface area contributed by atoms with Gasteiger partial charge >= 0.3 is 0 Å². The maximum Gasteiger partial charge on any atom is 0.125 e. The molecular weight excluding hydrogens is 250 g/mol. The van der Waals surface area contributed by atoms with Crippen LogP contribution in [-0.4, -0.2) is 32.2 Å². The number of hydrogen-bond donors (Lipinski definition) is 1. The first-order valence-corrected chi connectivity index (χ1v) is 6.81. The van der Waals surface area contributed by atoms with Crippen molar-refractivity contribution < 1.29 is 4.74 Å². The molecule has 1 N–H and O–H groups in total. The lowest BCUT2D eigenvalue weighted by Crippen LogP contribution is -2.10. The standard InChI is InChI=1S/C16H21N3O/c1-19(2)14-7-5-8-15(13-14)20-12-6-11-18-16-9-3-4-10-17-16/h3-5,7-10,13H,6,11-12H2,1-2H3,(H,17,18). The van der Waals surface area contributed by atoms with Crippen LogP contribution in [0.4, 0.5) is 11.5 Å². The summed E-state index contributed by atoms with van der Waals surface area (Å²) in [5, 5.41) is 3.26. The van der Waals surface area contributed by atoms with Crippen LogP contribution in [0.3, 0.4) is 0 Å². The fourth-order valence-corrected chi connectivity index (χ4v) is 1.80. The number of rotatable bonds is 7. The third kappa shape index (κ3) is 4.46. The molecule has 2 aromatic rings. The van der Waals surface area contributed by atoms with Gasteiger partial charge in [-0.2, -0.15) is 0 Å². The molecule has 0 fully saturated rings. The molecule has 106 valence electrons. The number of pyridine rings is 1. The van der Waals surface area contributed by atoms with Gasteiger partial charge in [-0.3, -0.25) is 0 Å². The van der Waals surface area contributed by atoms with E-state index in [1.165, 1.54) is 0 Å². The minimum atomic E-state index is 0.691. The third-order valence-corrected chi connectivity index (χ3v) is 2.89. The van der Waals surface area contributed by atoms with Gasteiger partial charge in [-0.1, -0.05) is 12.1 Å². The Morgan fingerprint density at radius 1 is 1.15 bits per heavy atom. The number of ether oxygens (including phenoxy) is 1. The van der Waals surface area contributed by atoms with Gasteiger partial charge in [0.1, 0.15) is 11.6 Å². The van der Waals surface area contributed by atoms with Crippen LogP contribution in [0.2, 0.25) is 0 Å². The Labute approximate surface area is 120 Å². The van der Waals surface area contributed by atoms with E-state index in [1.807, 2.05) is 50.5 Å².